The van der Waals surface area contributed by atoms with Crippen LogP contribution in [0.1, 0.15) is 21.8 Å². The molecule has 2 aromatic carbocycles. The van der Waals surface area contributed by atoms with Gasteiger partial charge in [-0.3, -0.25) is 0 Å². The summed E-state index contributed by atoms with van der Waals surface area (Å²) in [4.78, 5) is 11.9. The molecule has 1 aliphatic heterocycles. The van der Waals surface area contributed by atoms with Gasteiger partial charge in [-0.2, -0.15) is 0 Å². The van der Waals surface area contributed by atoms with Gasteiger partial charge in [0, 0.05) is 11.3 Å². The van der Waals surface area contributed by atoms with Crippen molar-refractivity contribution in [2.24, 2.45) is 0 Å². The summed E-state index contributed by atoms with van der Waals surface area (Å²) >= 11 is 0. The van der Waals surface area contributed by atoms with E-state index in [0.717, 1.165) is 11.3 Å². The van der Waals surface area contributed by atoms with Gasteiger partial charge in [-0.25, -0.2) is 4.79 Å². The van der Waals surface area contributed by atoms with Crippen LogP contribution in [0.5, 0.6) is 5.75 Å². The number of hydrogen-bond acceptors (Lipinski definition) is 4. The van der Waals surface area contributed by atoms with E-state index in [4.69, 9.17) is 15.2 Å². The van der Waals surface area contributed by atoms with Crippen LogP contribution in [0.25, 0.3) is 0 Å². The molecular weight excluding hydrogens is 254 g/mol. The molecule has 1 aliphatic rings. The molecule has 0 saturated heterocycles. The summed E-state index contributed by atoms with van der Waals surface area (Å²) in [6.45, 7) is 0.855. The van der Waals surface area contributed by atoms with Crippen LogP contribution >= 0.6 is 0 Å². The highest BCUT2D eigenvalue weighted by atomic mass is 16.5. The van der Waals surface area contributed by atoms with Gasteiger partial charge in [0.1, 0.15) is 12.4 Å². The number of nitrogens with two attached hydrogens (primary N) is 1. The number of para-hydroxylation sites is 1. The zero-order valence-corrected chi connectivity index (χ0v) is 10.9. The summed E-state index contributed by atoms with van der Waals surface area (Å²) in [5, 5.41) is 0. The first-order valence-electron chi connectivity index (χ1n) is 6.48. The van der Waals surface area contributed by atoms with Crippen LogP contribution in [-0.2, 0) is 4.74 Å². The molecule has 0 aliphatic carbocycles. The van der Waals surface area contributed by atoms with Crippen molar-refractivity contribution in [3.63, 3.8) is 0 Å². The second kappa shape index (κ2) is 5.25. The molecule has 20 heavy (non-hydrogen) atoms. The topological polar surface area (TPSA) is 61.6 Å². The third-order valence-electron chi connectivity index (χ3n) is 3.34. The van der Waals surface area contributed by atoms with Crippen molar-refractivity contribution >= 4 is 11.7 Å². The predicted octanol–water partition coefficient (Wildman–Crippen LogP) is 2.60. The number of carbonyl (C=O) groups excluding carboxylic acids is 1. The average molecular weight is 269 g/mol. The molecule has 0 radical (unpaired) electrons. The van der Waals surface area contributed by atoms with Crippen molar-refractivity contribution in [2.75, 3.05) is 18.9 Å². The van der Waals surface area contributed by atoms with E-state index in [1.807, 2.05) is 24.3 Å². The predicted molar refractivity (Wildman–Crippen MR) is 75.8 cm³/mol. The maximum atomic E-state index is 11.9. The van der Waals surface area contributed by atoms with E-state index in [9.17, 15) is 4.79 Å². The largest absolute Gasteiger partial charge is 0.493 e. The SMILES string of the molecule is Nc1cccc(C(=O)OCC2COc3ccccc32)c1. The second-order valence-corrected chi connectivity index (χ2v) is 4.77. The van der Waals surface area contributed by atoms with Crippen LogP contribution in [-0.4, -0.2) is 19.2 Å². The summed E-state index contributed by atoms with van der Waals surface area (Å²) in [7, 11) is 0. The molecular formula is C16H15NO3. The molecule has 0 amide bonds. The Hall–Kier alpha value is -2.49. The van der Waals surface area contributed by atoms with E-state index < -0.39 is 0 Å². The van der Waals surface area contributed by atoms with Crippen molar-refractivity contribution in [2.45, 2.75) is 5.92 Å². The molecule has 3 rings (SSSR count). The number of rotatable bonds is 3. The van der Waals surface area contributed by atoms with Gasteiger partial charge >= 0.3 is 5.97 Å². The van der Waals surface area contributed by atoms with E-state index >= 15 is 0 Å². The molecule has 0 spiro atoms. The number of nitrogen functional groups attached to an aromatic ring is 1. The fourth-order valence-corrected chi connectivity index (χ4v) is 2.29. The number of hydrogen-bond donors (Lipinski definition) is 1. The van der Waals surface area contributed by atoms with Crippen molar-refractivity contribution in [1.82, 2.24) is 0 Å². The van der Waals surface area contributed by atoms with Crippen molar-refractivity contribution in [1.29, 1.82) is 0 Å². The summed E-state index contributed by atoms with van der Waals surface area (Å²) in [6, 6.07) is 14.6. The summed E-state index contributed by atoms with van der Waals surface area (Å²) in [6.07, 6.45) is 0. The van der Waals surface area contributed by atoms with E-state index in [-0.39, 0.29) is 11.9 Å². The van der Waals surface area contributed by atoms with Gasteiger partial charge in [0.2, 0.25) is 0 Å². The lowest BCUT2D eigenvalue weighted by Gasteiger charge is -2.10. The Morgan fingerprint density at radius 3 is 2.95 bits per heavy atom. The molecule has 0 aromatic heterocycles. The first-order valence-corrected chi connectivity index (χ1v) is 6.48. The standard InChI is InChI=1S/C16H15NO3/c17-13-5-3-4-11(8-13)16(18)20-10-12-9-19-15-7-2-1-6-14(12)15/h1-8,12H,9-10,17H2. The minimum Gasteiger partial charge on any atom is -0.493 e. The van der Waals surface area contributed by atoms with Gasteiger partial charge in [0.05, 0.1) is 18.1 Å². The molecule has 1 unspecified atom stereocenters. The number of anilines is 1. The van der Waals surface area contributed by atoms with Crippen LogP contribution < -0.4 is 10.5 Å². The summed E-state index contributed by atoms with van der Waals surface area (Å²) < 4.78 is 10.9. The van der Waals surface area contributed by atoms with E-state index in [2.05, 4.69) is 0 Å². The van der Waals surface area contributed by atoms with Crippen molar-refractivity contribution < 1.29 is 14.3 Å². The first kappa shape index (κ1) is 12.5. The lowest BCUT2D eigenvalue weighted by molar-refractivity contribution is 0.0470. The number of fused-ring (bicyclic) bond motifs is 1. The van der Waals surface area contributed by atoms with Gasteiger partial charge < -0.3 is 15.2 Å². The highest BCUT2D eigenvalue weighted by molar-refractivity contribution is 5.90. The molecule has 1 atom stereocenters. The fraction of sp³-hybridized carbons (Fsp3) is 0.188. The summed E-state index contributed by atoms with van der Waals surface area (Å²) in [5.74, 6) is 0.607. The Balaban J connectivity index is 1.65. The van der Waals surface area contributed by atoms with Gasteiger partial charge in [-0.15, -0.1) is 0 Å². The average Bonchev–Trinajstić information content (AvgIpc) is 2.88. The van der Waals surface area contributed by atoms with Crippen LogP contribution in [0, 0.1) is 0 Å². The van der Waals surface area contributed by atoms with Gasteiger partial charge in [-0.1, -0.05) is 24.3 Å². The summed E-state index contributed by atoms with van der Waals surface area (Å²) in [5.41, 5.74) is 7.76. The first-order chi connectivity index (χ1) is 9.74. The highest BCUT2D eigenvalue weighted by Gasteiger charge is 2.25. The molecule has 102 valence electrons. The Morgan fingerprint density at radius 2 is 2.10 bits per heavy atom. The maximum Gasteiger partial charge on any atom is 0.338 e. The second-order valence-electron chi connectivity index (χ2n) is 4.77. The smallest absolute Gasteiger partial charge is 0.338 e. The zero-order chi connectivity index (χ0) is 13.9. The Kier molecular flexibility index (Phi) is 3.29. The molecule has 4 nitrogen and oxygen atoms in total. The monoisotopic (exact) mass is 269 g/mol. The maximum absolute atomic E-state index is 11.9. The number of esters is 1. The van der Waals surface area contributed by atoms with E-state index in [0.29, 0.717) is 24.5 Å². The minimum absolute atomic E-state index is 0.0937. The van der Waals surface area contributed by atoms with E-state index in [1.165, 1.54) is 0 Å². The molecule has 1 heterocycles. The quantitative estimate of drug-likeness (QED) is 0.687. The molecule has 0 bridgehead atoms. The Morgan fingerprint density at radius 1 is 1.25 bits per heavy atom. The number of ether oxygens (including phenoxy) is 2. The number of benzene rings is 2. The molecule has 2 N–H and O–H groups in total. The van der Waals surface area contributed by atoms with Crippen molar-refractivity contribution in [3.8, 4) is 5.75 Å². The van der Waals surface area contributed by atoms with Crippen LogP contribution in [0.3, 0.4) is 0 Å². The molecule has 4 heteroatoms. The normalized spacial score (nSPS) is 16.3. The number of carbonyl (C=O) groups is 1. The molecule has 0 fully saturated rings. The van der Waals surface area contributed by atoms with Gasteiger partial charge in [0.15, 0.2) is 0 Å². The lowest BCUT2D eigenvalue weighted by atomic mass is 10.0. The fourth-order valence-electron chi connectivity index (χ4n) is 2.29. The Bertz CT molecular complexity index is 639. The van der Waals surface area contributed by atoms with Gasteiger partial charge in [0.25, 0.3) is 0 Å². The third-order valence-corrected chi connectivity index (χ3v) is 3.34. The van der Waals surface area contributed by atoms with E-state index in [1.54, 1.807) is 24.3 Å². The lowest BCUT2D eigenvalue weighted by Crippen LogP contribution is -2.14. The van der Waals surface area contributed by atoms with Gasteiger partial charge in [-0.05, 0) is 24.3 Å². The molecule has 0 saturated carbocycles. The van der Waals surface area contributed by atoms with Crippen LogP contribution in [0.4, 0.5) is 5.69 Å². The highest BCUT2D eigenvalue weighted by Crippen LogP contribution is 2.33. The van der Waals surface area contributed by atoms with Crippen molar-refractivity contribution in [3.05, 3.63) is 59.7 Å². The Labute approximate surface area is 117 Å². The van der Waals surface area contributed by atoms with Crippen LogP contribution in [0.15, 0.2) is 48.5 Å². The molecule has 2 aromatic rings. The third kappa shape index (κ3) is 2.45. The minimum atomic E-state index is -0.360. The van der Waals surface area contributed by atoms with Crippen LogP contribution in [0.2, 0.25) is 0 Å². The zero-order valence-electron chi connectivity index (χ0n) is 10.9.